The van der Waals surface area contributed by atoms with Gasteiger partial charge in [0, 0.05) is 12.5 Å². The van der Waals surface area contributed by atoms with Gasteiger partial charge in [0.25, 0.3) is 0 Å². The Bertz CT molecular complexity index is 567. The van der Waals surface area contributed by atoms with E-state index in [9.17, 15) is 5.11 Å². The van der Waals surface area contributed by atoms with Crippen LogP contribution in [0.1, 0.15) is 39.0 Å². The molecule has 0 amide bonds. The van der Waals surface area contributed by atoms with Crippen LogP contribution in [0.4, 0.5) is 0 Å². The van der Waals surface area contributed by atoms with Crippen LogP contribution in [0.15, 0.2) is 28.7 Å². The summed E-state index contributed by atoms with van der Waals surface area (Å²) in [6.07, 6.45) is 4.13. The van der Waals surface area contributed by atoms with Gasteiger partial charge in [-0.1, -0.05) is 12.1 Å². The quantitative estimate of drug-likeness (QED) is 0.919. The maximum Gasteiger partial charge on any atom is 0.195 e. The Balaban J connectivity index is 1.56. The zero-order chi connectivity index (χ0) is 14.9. The van der Waals surface area contributed by atoms with Crippen LogP contribution in [0.25, 0.3) is 11.1 Å². The van der Waals surface area contributed by atoms with Crippen molar-refractivity contribution < 1.29 is 9.52 Å². The number of aromatic nitrogens is 1. The Morgan fingerprint density at radius 1 is 1.38 bits per heavy atom. The minimum Gasteiger partial charge on any atom is -0.441 e. The molecule has 1 aromatic heterocycles. The van der Waals surface area contributed by atoms with E-state index in [2.05, 4.69) is 9.88 Å². The molecule has 0 aliphatic carbocycles. The first-order valence-electron chi connectivity index (χ1n) is 7.85. The van der Waals surface area contributed by atoms with Gasteiger partial charge in [0.05, 0.1) is 5.60 Å². The van der Waals surface area contributed by atoms with Crippen molar-refractivity contribution in [1.82, 2.24) is 9.88 Å². The monoisotopic (exact) mass is 288 g/mol. The number of aliphatic hydroxyl groups is 1. The van der Waals surface area contributed by atoms with Crippen LogP contribution >= 0.6 is 0 Å². The second kappa shape index (κ2) is 5.78. The van der Waals surface area contributed by atoms with Gasteiger partial charge in [-0.05, 0) is 58.3 Å². The van der Waals surface area contributed by atoms with Crippen molar-refractivity contribution in [1.29, 1.82) is 0 Å². The molecule has 4 nitrogen and oxygen atoms in total. The van der Waals surface area contributed by atoms with Crippen molar-refractivity contribution in [3.63, 3.8) is 0 Å². The predicted octanol–water partition coefficient (Wildman–Crippen LogP) is 3.00. The molecule has 2 heterocycles. The summed E-state index contributed by atoms with van der Waals surface area (Å²) in [6.45, 7) is 5.91. The van der Waals surface area contributed by atoms with Crippen LogP contribution in [0.5, 0.6) is 0 Å². The second-order valence-electron chi connectivity index (χ2n) is 6.53. The number of benzene rings is 1. The zero-order valence-electron chi connectivity index (χ0n) is 12.9. The maximum atomic E-state index is 10.2. The summed E-state index contributed by atoms with van der Waals surface area (Å²) < 4.78 is 5.75. The summed E-state index contributed by atoms with van der Waals surface area (Å²) in [4.78, 5) is 6.92. The molecule has 1 saturated heterocycles. The minimum atomic E-state index is -0.617. The summed E-state index contributed by atoms with van der Waals surface area (Å²) in [5.41, 5.74) is 1.18. The van der Waals surface area contributed by atoms with Crippen molar-refractivity contribution >= 4 is 11.1 Å². The molecule has 0 saturated carbocycles. The van der Waals surface area contributed by atoms with Crippen LogP contribution in [0.3, 0.4) is 0 Å². The third-order valence-corrected chi connectivity index (χ3v) is 4.35. The summed E-state index contributed by atoms with van der Waals surface area (Å²) in [6, 6.07) is 8.16. The average molecular weight is 288 g/mol. The fourth-order valence-corrected chi connectivity index (χ4v) is 3.35. The molecule has 1 aliphatic rings. The van der Waals surface area contributed by atoms with Gasteiger partial charge < -0.3 is 9.52 Å². The molecule has 21 heavy (non-hydrogen) atoms. The number of likely N-dealkylation sites (tertiary alicyclic amines) is 1. The Hall–Kier alpha value is -1.39. The smallest absolute Gasteiger partial charge is 0.195 e. The fraction of sp³-hybridized carbons (Fsp3) is 0.588. The molecule has 1 aliphatic heterocycles. The Morgan fingerprint density at radius 3 is 2.95 bits per heavy atom. The lowest BCUT2D eigenvalue weighted by atomic mass is 9.96. The van der Waals surface area contributed by atoms with Gasteiger partial charge in [-0.2, -0.15) is 0 Å². The number of rotatable bonds is 5. The first-order chi connectivity index (χ1) is 10.0. The molecular formula is C17H24N2O2. The van der Waals surface area contributed by atoms with E-state index in [-0.39, 0.29) is 6.04 Å². The van der Waals surface area contributed by atoms with E-state index in [0.29, 0.717) is 0 Å². The van der Waals surface area contributed by atoms with E-state index < -0.39 is 5.60 Å². The number of nitrogens with zero attached hydrogens (tertiary/aromatic N) is 2. The Kier molecular flexibility index (Phi) is 4.00. The number of para-hydroxylation sites is 2. The molecule has 1 N–H and O–H groups in total. The van der Waals surface area contributed by atoms with Crippen molar-refractivity contribution in [2.24, 2.45) is 0 Å². The third-order valence-electron chi connectivity index (χ3n) is 4.35. The van der Waals surface area contributed by atoms with Crippen LogP contribution in [-0.2, 0) is 6.42 Å². The van der Waals surface area contributed by atoms with Crippen LogP contribution in [0.2, 0.25) is 0 Å². The van der Waals surface area contributed by atoms with Crippen molar-refractivity contribution in [3.8, 4) is 0 Å². The van der Waals surface area contributed by atoms with Gasteiger partial charge >= 0.3 is 0 Å². The summed E-state index contributed by atoms with van der Waals surface area (Å²) >= 11 is 0. The number of fused-ring (bicyclic) bond motifs is 1. The van der Waals surface area contributed by atoms with Crippen molar-refractivity contribution in [2.75, 3.05) is 13.1 Å². The molecule has 1 atom stereocenters. The van der Waals surface area contributed by atoms with E-state index in [1.165, 1.54) is 6.42 Å². The van der Waals surface area contributed by atoms with Gasteiger partial charge in [-0.25, -0.2) is 4.98 Å². The van der Waals surface area contributed by atoms with E-state index in [1.54, 1.807) is 0 Å². The molecule has 4 heteroatoms. The lowest BCUT2D eigenvalue weighted by molar-refractivity contribution is -0.00265. The first-order valence-corrected chi connectivity index (χ1v) is 7.85. The molecular weight excluding hydrogens is 264 g/mol. The lowest BCUT2D eigenvalue weighted by Gasteiger charge is -2.33. The number of oxazole rings is 1. The highest BCUT2D eigenvalue weighted by Gasteiger charge is 2.35. The minimum absolute atomic E-state index is 0.279. The summed E-state index contributed by atoms with van der Waals surface area (Å²) in [5.74, 6) is 0.815. The summed E-state index contributed by atoms with van der Waals surface area (Å²) in [5, 5.41) is 10.2. The van der Waals surface area contributed by atoms with Gasteiger partial charge in [0.2, 0.25) is 0 Å². The maximum absolute atomic E-state index is 10.2. The Morgan fingerprint density at radius 2 is 2.19 bits per heavy atom. The highest BCUT2D eigenvalue weighted by atomic mass is 16.3. The second-order valence-corrected chi connectivity index (χ2v) is 6.53. The highest BCUT2D eigenvalue weighted by Crippen LogP contribution is 2.27. The highest BCUT2D eigenvalue weighted by molar-refractivity contribution is 5.72. The molecule has 114 valence electrons. The molecule has 1 unspecified atom stereocenters. The van der Waals surface area contributed by atoms with E-state index >= 15 is 0 Å². The normalized spacial score (nSPS) is 20.4. The van der Waals surface area contributed by atoms with Crippen molar-refractivity contribution in [2.45, 2.75) is 51.2 Å². The molecule has 0 spiro atoms. The lowest BCUT2D eigenvalue weighted by Crippen LogP contribution is -2.45. The number of hydrogen-bond acceptors (Lipinski definition) is 4. The van der Waals surface area contributed by atoms with Crippen molar-refractivity contribution in [3.05, 3.63) is 30.2 Å². The molecule has 0 radical (unpaired) electrons. The third kappa shape index (κ3) is 3.27. The SMILES string of the molecule is CC(C)(O)C1CCCN1CCCc1nc2ccccc2o1. The van der Waals surface area contributed by atoms with E-state index in [4.69, 9.17) is 4.42 Å². The Labute approximate surface area is 125 Å². The largest absolute Gasteiger partial charge is 0.441 e. The molecule has 2 aromatic rings. The van der Waals surface area contributed by atoms with Crippen LogP contribution in [0, 0.1) is 0 Å². The molecule has 3 rings (SSSR count). The molecule has 1 aromatic carbocycles. The number of aryl methyl sites for hydroxylation is 1. The van der Waals surface area contributed by atoms with Crippen LogP contribution < -0.4 is 0 Å². The van der Waals surface area contributed by atoms with Gasteiger partial charge in [0.15, 0.2) is 11.5 Å². The van der Waals surface area contributed by atoms with E-state index in [1.807, 2.05) is 38.1 Å². The first kappa shape index (κ1) is 14.5. The van der Waals surface area contributed by atoms with Gasteiger partial charge in [0.1, 0.15) is 5.52 Å². The van der Waals surface area contributed by atoms with Crippen LogP contribution in [-0.4, -0.2) is 39.7 Å². The molecule has 0 bridgehead atoms. The summed E-state index contributed by atoms with van der Waals surface area (Å²) in [7, 11) is 0. The van der Waals surface area contributed by atoms with Gasteiger partial charge in [-0.3, -0.25) is 4.90 Å². The van der Waals surface area contributed by atoms with E-state index in [0.717, 1.165) is 49.3 Å². The number of hydrogen-bond donors (Lipinski definition) is 1. The molecule has 1 fully saturated rings. The standard InChI is InChI=1S/C17H24N2O2/c1-17(2,20)15-9-5-11-19(15)12-6-10-16-18-13-7-3-4-8-14(13)21-16/h3-4,7-8,15,20H,5-6,9-12H2,1-2H3. The topological polar surface area (TPSA) is 49.5 Å². The zero-order valence-corrected chi connectivity index (χ0v) is 12.9. The van der Waals surface area contributed by atoms with Gasteiger partial charge in [-0.15, -0.1) is 0 Å². The fourth-order valence-electron chi connectivity index (χ4n) is 3.35. The predicted molar refractivity (Wildman–Crippen MR) is 83.2 cm³/mol. The average Bonchev–Trinajstić information content (AvgIpc) is 3.03.